The zero-order valence-corrected chi connectivity index (χ0v) is 56.1. The van der Waals surface area contributed by atoms with E-state index in [1.54, 1.807) is 0 Å². The van der Waals surface area contributed by atoms with E-state index in [0.717, 1.165) is 148 Å². The normalized spacial score (nSPS) is 14.0. The first kappa shape index (κ1) is 82.4. The lowest BCUT2D eigenvalue weighted by atomic mass is 10.0. The molecule has 2 atom stereocenters. The third kappa shape index (κ3) is 70.3. The molecule has 0 rings (SSSR count). The Morgan fingerprint density at radius 1 is 0.345 bits per heavy atom. The Labute approximate surface area is 533 Å². The smallest absolute Gasteiger partial charge is 0.462 e. The molecule has 2 unspecified atom stereocenters. The van der Waals surface area contributed by atoms with Gasteiger partial charge in [-0.25, -0.2) is 4.57 Å². The molecule has 0 saturated heterocycles. The van der Waals surface area contributed by atoms with Gasteiger partial charge in [0, 0.05) is 19.4 Å². The number of hydrogen-bond acceptors (Lipinski definition) is 8. The summed E-state index contributed by atoms with van der Waals surface area (Å²) in [5, 5.41) is 0. The molecule has 0 fully saturated rings. The molecule has 0 aliphatic heterocycles. The molecule has 0 aliphatic carbocycles. The Hall–Kier alpha value is -4.63. The molecule has 0 spiro atoms. The molecular weight excluding hydrogens is 1100 g/mol. The minimum Gasteiger partial charge on any atom is -0.462 e. The maximum Gasteiger partial charge on any atom is 0.472 e. The zero-order valence-electron chi connectivity index (χ0n) is 55.2. The largest absolute Gasteiger partial charge is 0.472 e. The van der Waals surface area contributed by atoms with Gasteiger partial charge in [0.25, 0.3) is 0 Å². The Morgan fingerprint density at radius 3 is 0.885 bits per heavy atom. The molecule has 0 amide bonds. The molecule has 492 valence electrons. The van der Waals surface area contributed by atoms with E-state index < -0.39 is 26.5 Å². The number of hydrogen-bond donors (Lipinski definition) is 2. The predicted octanol–water partition coefficient (Wildman–Crippen LogP) is 23.0. The average Bonchev–Trinajstić information content (AvgIpc) is 3.65. The lowest BCUT2D eigenvalue weighted by molar-refractivity contribution is -0.161. The molecule has 0 bridgehead atoms. The van der Waals surface area contributed by atoms with Crippen LogP contribution in [0.4, 0.5) is 0 Å². The van der Waals surface area contributed by atoms with Gasteiger partial charge < -0.3 is 20.1 Å². The van der Waals surface area contributed by atoms with Gasteiger partial charge in [-0.05, 0) is 128 Å². The lowest BCUT2D eigenvalue weighted by Gasteiger charge is -2.19. The SMILES string of the molecule is CC/C=C\C/C=C\C/C=C\C/C=C\C/C=C\C/C=C\C/C=C\C/C=C\C/C=C\C/C=C\CCCCCCCCC(=O)OC(COC(=O)CCCCCCCCCCCCCCCCCC/C=C\C/C=C\C/C=C\C/C=C\CC)COP(=O)(O)OCCN. The van der Waals surface area contributed by atoms with E-state index in [2.05, 4.69) is 184 Å². The van der Waals surface area contributed by atoms with Crippen molar-refractivity contribution in [1.82, 2.24) is 0 Å². The van der Waals surface area contributed by atoms with E-state index >= 15 is 0 Å². The molecule has 0 aromatic heterocycles. The van der Waals surface area contributed by atoms with Crippen LogP contribution in [0.2, 0.25) is 0 Å². The number of unbranched alkanes of at least 4 members (excludes halogenated alkanes) is 22. The predicted molar refractivity (Wildman–Crippen MR) is 376 cm³/mol. The molecule has 0 aromatic rings. The van der Waals surface area contributed by atoms with Gasteiger partial charge in [0.15, 0.2) is 6.10 Å². The van der Waals surface area contributed by atoms with Crippen LogP contribution in [0, 0.1) is 0 Å². The Bertz CT molecular complexity index is 2030. The van der Waals surface area contributed by atoms with Crippen LogP contribution in [0.25, 0.3) is 0 Å². The van der Waals surface area contributed by atoms with Crippen molar-refractivity contribution in [3.8, 4) is 0 Å². The number of esters is 2. The molecule has 0 radical (unpaired) electrons. The Kier molecular flexibility index (Phi) is 66.7. The van der Waals surface area contributed by atoms with Gasteiger partial charge in [-0.1, -0.05) is 300 Å². The summed E-state index contributed by atoms with van der Waals surface area (Å²) in [6, 6.07) is 0. The van der Waals surface area contributed by atoms with Crippen molar-refractivity contribution in [3.05, 3.63) is 170 Å². The number of nitrogens with two attached hydrogens (primary N) is 1. The number of phosphoric ester groups is 1. The van der Waals surface area contributed by atoms with Crippen LogP contribution in [0.5, 0.6) is 0 Å². The summed E-state index contributed by atoms with van der Waals surface area (Å²) in [5.41, 5.74) is 5.40. The van der Waals surface area contributed by atoms with Crippen molar-refractivity contribution in [1.29, 1.82) is 0 Å². The van der Waals surface area contributed by atoms with Gasteiger partial charge >= 0.3 is 19.8 Å². The first-order valence-electron chi connectivity index (χ1n) is 34.6. The van der Waals surface area contributed by atoms with Crippen LogP contribution in [0.15, 0.2) is 170 Å². The van der Waals surface area contributed by atoms with Gasteiger partial charge in [0.2, 0.25) is 0 Å². The van der Waals surface area contributed by atoms with Crippen molar-refractivity contribution in [2.45, 2.75) is 277 Å². The number of rotatable bonds is 63. The van der Waals surface area contributed by atoms with Crippen LogP contribution in [-0.4, -0.2) is 49.3 Å². The Balaban J connectivity index is 3.99. The van der Waals surface area contributed by atoms with Crippen molar-refractivity contribution in [2.75, 3.05) is 26.4 Å². The van der Waals surface area contributed by atoms with Crippen molar-refractivity contribution >= 4 is 19.8 Å². The summed E-state index contributed by atoms with van der Waals surface area (Å²) < 4.78 is 33.2. The summed E-state index contributed by atoms with van der Waals surface area (Å²) in [6.07, 6.45) is 104. The van der Waals surface area contributed by atoms with Crippen LogP contribution in [0.1, 0.15) is 271 Å². The lowest BCUT2D eigenvalue weighted by Crippen LogP contribution is -2.29. The van der Waals surface area contributed by atoms with Crippen LogP contribution >= 0.6 is 7.82 Å². The van der Waals surface area contributed by atoms with Crippen molar-refractivity contribution in [3.63, 3.8) is 0 Å². The zero-order chi connectivity index (χ0) is 63.0. The van der Waals surface area contributed by atoms with Crippen LogP contribution < -0.4 is 5.73 Å². The highest BCUT2D eigenvalue weighted by Crippen LogP contribution is 2.43. The number of carbonyl (C=O) groups excluding carboxylic acids is 2. The van der Waals surface area contributed by atoms with E-state index in [-0.39, 0.29) is 38.6 Å². The average molecular weight is 1220 g/mol. The summed E-state index contributed by atoms with van der Waals surface area (Å²) in [7, 11) is -4.41. The second-order valence-electron chi connectivity index (χ2n) is 22.3. The topological polar surface area (TPSA) is 134 Å². The minimum absolute atomic E-state index is 0.0429. The molecule has 10 heteroatoms. The maximum absolute atomic E-state index is 12.8. The van der Waals surface area contributed by atoms with E-state index in [0.29, 0.717) is 6.42 Å². The second kappa shape index (κ2) is 70.5. The first-order valence-corrected chi connectivity index (χ1v) is 36.1. The molecular formula is C77H126NO8P. The van der Waals surface area contributed by atoms with E-state index in [9.17, 15) is 19.0 Å². The fraction of sp³-hybridized carbons (Fsp3) is 0.610. The number of phosphoric acid groups is 1. The third-order valence-corrected chi connectivity index (χ3v) is 15.1. The first-order chi connectivity index (χ1) is 42.8. The molecule has 87 heavy (non-hydrogen) atoms. The number of carbonyl (C=O) groups is 2. The van der Waals surface area contributed by atoms with Crippen molar-refractivity contribution < 1.29 is 37.6 Å². The van der Waals surface area contributed by atoms with E-state index in [4.69, 9.17) is 24.3 Å². The molecule has 9 nitrogen and oxygen atoms in total. The standard InChI is InChI=1S/C77H126NO8P/c1-3-5-7-9-11-13-15-17-19-21-23-25-27-29-31-33-34-35-36-37-38-39-40-42-44-46-48-50-52-54-56-58-60-62-64-66-68-70-77(80)86-75(74-85-87(81,82)84-72-71-78)73-83-76(79)69-67-65-63-61-59-57-55-53-51-49-47-45-43-41-32-30-28-26-24-22-20-18-16-14-12-10-8-6-4-2/h5-8,11-14,17-20,23-26,29,31,34-35,37-38,40,42,46,48,52,54,75H,3-4,9-10,15-16,21-22,27-28,30,32-33,36,39,41,43-45,47,49-51,53,55-74,78H2,1-2H3,(H,81,82)/b7-5-,8-6-,13-11-,14-12-,19-17-,20-18-,25-23-,26-24-,31-29-,35-34-,38-37-,42-40-,48-46-,54-52-. The fourth-order valence-electron chi connectivity index (χ4n) is 9.07. The van der Waals surface area contributed by atoms with Gasteiger partial charge in [-0.15, -0.1) is 0 Å². The number of ether oxygens (including phenoxy) is 2. The highest BCUT2D eigenvalue weighted by molar-refractivity contribution is 7.47. The van der Waals surface area contributed by atoms with E-state index in [1.807, 2.05) is 0 Å². The summed E-state index contributed by atoms with van der Waals surface area (Å²) >= 11 is 0. The van der Waals surface area contributed by atoms with E-state index in [1.165, 1.54) is 89.9 Å². The summed E-state index contributed by atoms with van der Waals surface area (Å²) in [5.74, 6) is -0.850. The Morgan fingerprint density at radius 2 is 0.598 bits per heavy atom. The summed E-state index contributed by atoms with van der Waals surface area (Å²) in [6.45, 7) is 3.50. The van der Waals surface area contributed by atoms with Gasteiger partial charge in [0.05, 0.1) is 13.2 Å². The van der Waals surface area contributed by atoms with Crippen LogP contribution in [-0.2, 0) is 32.7 Å². The third-order valence-electron chi connectivity index (χ3n) is 14.1. The molecule has 3 N–H and O–H groups in total. The molecule has 0 aromatic carbocycles. The molecule has 0 aliphatic rings. The quantitative estimate of drug-likeness (QED) is 0.0264. The van der Waals surface area contributed by atoms with Gasteiger partial charge in [-0.2, -0.15) is 0 Å². The number of allylic oxidation sites excluding steroid dienone is 28. The van der Waals surface area contributed by atoms with Crippen molar-refractivity contribution in [2.24, 2.45) is 5.73 Å². The monoisotopic (exact) mass is 1220 g/mol. The van der Waals surface area contributed by atoms with Gasteiger partial charge in [0.1, 0.15) is 6.61 Å². The van der Waals surface area contributed by atoms with Gasteiger partial charge in [-0.3, -0.25) is 18.6 Å². The fourth-order valence-corrected chi connectivity index (χ4v) is 9.83. The van der Waals surface area contributed by atoms with Crippen LogP contribution in [0.3, 0.4) is 0 Å². The minimum atomic E-state index is -4.41. The highest BCUT2D eigenvalue weighted by Gasteiger charge is 2.26. The second-order valence-corrected chi connectivity index (χ2v) is 23.7. The summed E-state index contributed by atoms with van der Waals surface area (Å²) in [4.78, 5) is 35.4. The molecule has 0 saturated carbocycles. The maximum atomic E-state index is 12.8. The molecule has 0 heterocycles. The highest BCUT2D eigenvalue weighted by atomic mass is 31.2.